The third-order valence-electron chi connectivity index (χ3n) is 4.78. The quantitative estimate of drug-likeness (QED) is 0.286. The zero-order valence-electron chi connectivity index (χ0n) is 17.7. The summed E-state index contributed by atoms with van der Waals surface area (Å²) >= 11 is 0. The first-order chi connectivity index (χ1) is 14.1. The highest BCUT2D eigenvalue weighted by Crippen LogP contribution is 2.30. The molecule has 0 radical (unpaired) electrons. The maximum atomic E-state index is 14.4. The fourth-order valence-corrected chi connectivity index (χ4v) is 2.90. The Hall–Kier alpha value is -2.10. The number of methoxy groups -OCH3 is 1. The molecule has 6 nitrogen and oxygen atoms in total. The molecule has 164 valence electrons. The highest BCUT2D eigenvalue weighted by molar-refractivity contribution is 14.0. The zero-order valence-corrected chi connectivity index (χ0v) is 20.0. The van der Waals surface area contributed by atoms with E-state index in [4.69, 9.17) is 9.47 Å². The Morgan fingerprint density at radius 2 is 2.13 bits per heavy atom. The van der Waals surface area contributed by atoms with Crippen LogP contribution < -0.4 is 20.1 Å². The fraction of sp³-hybridized carbons (Fsp3) is 0.455. The van der Waals surface area contributed by atoms with Crippen LogP contribution in [0.3, 0.4) is 0 Å². The van der Waals surface area contributed by atoms with Crippen LogP contribution in [0.5, 0.6) is 11.6 Å². The Labute approximate surface area is 194 Å². The average molecular weight is 528 g/mol. The zero-order chi connectivity index (χ0) is 20.6. The number of nitrogens with one attached hydrogen (secondary N) is 2. The summed E-state index contributed by atoms with van der Waals surface area (Å²) in [6.45, 7) is 5.70. The van der Waals surface area contributed by atoms with Crippen LogP contribution in [0.2, 0.25) is 0 Å². The summed E-state index contributed by atoms with van der Waals surface area (Å²) in [5, 5.41) is 6.53. The first kappa shape index (κ1) is 24.2. The van der Waals surface area contributed by atoms with Gasteiger partial charge in [0.1, 0.15) is 0 Å². The lowest BCUT2D eigenvalue weighted by atomic mass is 10.1. The number of hydrogen-bond acceptors (Lipinski definition) is 4. The molecular formula is C22H30FIN4O2. The summed E-state index contributed by atoms with van der Waals surface area (Å²) in [5.41, 5.74) is 1.72. The SMILES string of the molecule is CCNC(=NCc1cccnc1OC)NC(C)c1ccc(OCC2CC2)c(F)c1.I. The number of pyridine rings is 1. The molecule has 3 rings (SSSR count). The molecule has 8 heteroatoms. The van der Waals surface area contributed by atoms with Gasteiger partial charge in [0.05, 0.1) is 26.3 Å². The van der Waals surface area contributed by atoms with Gasteiger partial charge >= 0.3 is 0 Å². The van der Waals surface area contributed by atoms with Crippen LogP contribution in [-0.2, 0) is 6.54 Å². The van der Waals surface area contributed by atoms with Gasteiger partial charge in [-0.25, -0.2) is 14.4 Å². The maximum absolute atomic E-state index is 14.4. The Morgan fingerprint density at radius 1 is 1.33 bits per heavy atom. The molecule has 1 aromatic heterocycles. The fourth-order valence-electron chi connectivity index (χ4n) is 2.90. The smallest absolute Gasteiger partial charge is 0.218 e. The van der Waals surface area contributed by atoms with Crippen molar-refractivity contribution in [3.05, 3.63) is 53.5 Å². The van der Waals surface area contributed by atoms with Crippen molar-refractivity contribution in [1.82, 2.24) is 15.6 Å². The second-order valence-electron chi connectivity index (χ2n) is 7.18. The normalized spacial score (nSPS) is 14.5. The van der Waals surface area contributed by atoms with Crippen molar-refractivity contribution in [1.29, 1.82) is 0 Å². The van der Waals surface area contributed by atoms with E-state index in [2.05, 4.69) is 20.6 Å². The Morgan fingerprint density at radius 3 is 2.80 bits per heavy atom. The Balaban J connectivity index is 0.00000320. The molecule has 1 atom stereocenters. The van der Waals surface area contributed by atoms with E-state index in [0.29, 0.717) is 43.2 Å². The van der Waals surface area contributed by atoms with E-state index < -0.39 is 0 Å². The lowest BCUT2D eigenvalue weighted by Gasteiger charge is -2.19. The summed E-state index contributed by atoms with van der Waals surface area (Å²) in [6.07, 6.45) is 4.04. The first-order valence-corrected chi connectivity index (χ1v) is 10.1. The van der Waals surface area contributed by atoms with Crippen LogP contribution in [0.15, 0.2) is 41.5 Å². The van der Waals surface area contributed by atoms with Crippen molar-refractivity contribution < 1.29 is 13.9 Å². The molecule has 1 heterocycles. The van der Waals surface area contributed by atoms with Gasteiger partial charge < -0.3 is 20.1 Å². The number of hydrogen-bond donors (Lipinski definition) is 2. The summed E-state index contributed by atoms with van der Waals surface area (Å²) < 4.78 is 25.3. The minimum absolute atomic E-state index is 0. The summed E-state index contributed by atoms with van der Waals surface area (Å²) in [4.78, 5) is 8.80. The standard InChI is InChI=1S/C22H29FN4O2.HI/c1-4-24-22(26-13-18-6-5-11-25-21(18)28-3)27-15(2)17-9-10-20(19(23)12-17)29-14-16-7-8-16;/h5-6,9-12,15-16H,4,7-8,13-14H2,1-3H3,(H2,24,26,27);1H. The van der Waals surface area contributed by atoms with Crippen LogP contribution in [-0.4, -0.2) is 31.2 Å². The Kier molecular flexibility index (Phi) is 9.61. The molecule has 30 heavy (non-hydrogen) atoms. The number of aromatic nitrogens is 1. The molecule has 0 spiro atoms. The van der Waals surface area contributed by atoms with E-state index in [9.17, 15) is 4.39 Å². The van der Waals surface area contributed by atoms with Crippen molar-refractivity contribution in [2.24, 2.45) is 10.9 Å². The molecule has 1 fully saturated rings. The molecule has 2 N–H and O–H groups in total. The van der Waals surface area contributed by atoms with Gasteiger partial charge in [0, 0.05) is 18.3 Å². The molecule has 1 aromatic carbocycles. The number of halogens is 2. The third kappa shape index (κ3) is 7.00. The molecule has 1 aliphatic rings. The van der Waals surface area contributed by atoms with E-state index in [-0.39, 0.29) is 35.8 Å². The van der Waals surface area contributed by atoms with Gasteiger partial charge in [0.25, 0.3) is 0 Å². The van der Waals surface area contributed by atoms with Crippen LogP contribution in [0.1, 0.15) is 43.9 Å². The van der Waals surface area contributed by atoms with Crippen molar-refractivity contribution in [3.8, 4) is 11.6 Å². The lowest BCUT2D eigenvalue weighted by Crippen LogP contribution is -2.38. The topological polar surface area (TPSA) is 67.8 Å². The van der Waals surface area contributed by atoms with Gasteiger partial charge in [-0.1, -0.05) is 12.1 Å². The van der Waals surface area contributed by atoms with E-state index >= 15 is 0 Å². The van der Waals surface area contributed by atoms with Gasteiger partial charge in [-0.15, -0.1) is 24.0 Å². The third-order valence-corrected chi connectivity index (χ3v) is 4.78. The summed E-state index contributed by atoms with van der Waals surface area (Å²) in [7, 11) is 1.59. The monoisotopic (exact) mass is 528 g/mol. The van der Waals surface area contributed by atoms with E-state index in [1.807, 2.05) is 32.0 Å². The minimum Gasteiger partial charge on any atom is -0.490 e. The van der Waals surface area contributed by atoms with E-state index in [1.54, 1.807) is 19.4 Å². The molecule has 2 aromatic rings. The van der Waals surface area contributed by atoms with Crippen LogP contribution in [0.25, 0.3) is 0 Å². The van der Waals surface area contributed by atoms with E-state index in [0.717, 1.165) is 11.1 Å². The van der Waals surface area contributed by atoms with Crippen molar-refractivity contribution in [2.75, 3.05) is 20.3 Å². The molecule has 0 bridgehead atoms. The number of ether oxygens (including phenoxy) is 2. The highest BCUT2D eigenvalue weighted by atomic mass is 127. The molecule has 1 unspecified atom stereocenters. The van der Waals surface area contributed by atoms with Crippen molar-refractivity contribution >= 4 is 29.9 Å². The Bertz CT molecular complexity index is 846. The number of aliphatic imine (C=N–C) groups is 1. The second kappa shape index (κ2) is 11.9. The highest BCUT2D eigenvalue weighted by Gasteiger charge is 2.22. The predicted molar refractivity (Wildman–Crippen MR) is 127 cm³/mol. The number of benzene rings is 1. The molecule has 0 saturated heterocycles. The number of guanidine groups is 1. The average Bonchev–Trinajstić information content (AvgIpc) is 3.56. The number of rotatable bonds is 9. The van der Waals surface area contributed by atoms with Gasteiger partial charge in [-0.05, 0) is 56.4 Å². The predicted octanol–water partition coefficient (Wildman–Crippen LogP) is 4.45. The summed E-state index contributed by atoms with van der Waals surface area (Å²) in [5.74, 6) is 1.77. The van der Waals surface area contributed by atoms with E-state index in [1.165, 1.54) is 18.9 Å². The van der Waals surface area contributed by atoms with Gasteiger partial charge in [-0.3, -0.25) is 0 Å². The summed E-state index contributed by atoms with van der Waals surface area (Å²) in [6, 6.07) is 8.76. The second-order valence-corrected chi connectivity index (χ2v) is 7.18. The first-order valence-electron chi connectivity index (χ1n) is 10.1. The maximum Gasteiger partial charge on any atom is 0.218 e. The lowest BCUT2D eigenvalue weighted by molar-refractivity contribution is 0.285. The molecule has 1 aliphatic carbocycles. The van der Waals surface area contributed by atoms with Gasteiger partial charge in [-0.2, -0.15) is 0 Å². The minimum atomic E-state index is -0.334. The largest absolute Gasteiger partial charge is 0.490 e. The molecule has 0 aliphatic heterocycles. The van der Waals surface area contributed by atoms with Crippen LogP contribution >= 0.6 is 24.0 Å². The van der Waals surface area contributed by atoms with Gasteiger partial charge in [0.2, 0.25) is 5.88 Å². The number of nitrogens with zero attached hydrogens (tertiary/aromatic N) is 2. The van der Waals surface area contributed by atoms with Crippen LogP contribution in [0, 0.1) is 11.7 Å². The molecular weight excluding hydrogens is 498 g/mol. The van der Waals surface area contributed by atoms with Crippen molar-refractivity contribution in [3.63, 3.8) is 0 Å². The van der Waals surface area contributed by atoms with Gasteiger partial charge in [0.15, 0.2) is 17.5 Å². The van der Waals surface area contributed by atoms with Crippen LogP contribution in [0.4, 0.5) is 4.39 Å². The van der Waals surface area contributed by atoms with Crippen molar-refractivity contribution in [2.45, 2.75) is 39.3 Å². The molecule has 0 amide bonds. The molecule has 1 saturated carbocycles.